The molecular weight excluding hydrogens is 431 g/mol. The van der Waals surface area contributed by atoms with Crippen LogP contribution >= 0.6 is 23.2 Å². The highest BCUT2D eigenvalue weighted by Crippen LogP contribution is 2.23. The summed E-state index contributed by atoms with van der Waals surface area (Å²) in [5.74, 6) is -0.669. The van der Waals surface area contributed by atoms with E-state index in [1.165, 1.54) is 14.2 Å². The molecule has 2 aromatic carbocycles. The van der Waals surface area contributed by atoms with Crippen LogP contribution in [0, 0.1) is 0 Å². The number of methoxy groups -OCH3 is 1. The molecule has 0 aromatic heterocycles. The van der Waals surface area contributed by atoms with Crippen LogP contribution in [0.3, 0.4) is 0 Å². The van der Waals surface area contributed by atoms with Crippen LogP contribution in [0.5, 0.6) is 0 Å². The van der Waals surface area contributed by atoms with Gasteiger partial charge in [0.2, 0.25) is 0 Å². The van der Waals surface area contributed by atoms with E-state index < -0.39 is 5.97 Å². The fraction of sp³-hybridized carbons (Fsp3) is 0.286. The van der Waals surface area contributed by atoms with Gasteiger partial charge in [0.1, 0.15) is 19.4 Å². The first-order chi connectivity index (χ1) is 14.5. The average molecular weight is 453 g/mol. The molecule has 2 rings (SSSR count). The molecule has 0 N–H and O–H groups in total. The number of hydrogen-bond donors (Lipinski definition) is 0. The van der Waals surface area contributed by atoms with Crippen LogP contribution in [0.1, 0.15) is 23.6 Å². The van der Waals surface area contributed by atoms with Crippen molar-refractivity contribution in [3.05, 3.63) is 69.2 Å². The van der Waals surface area contributed by atoms with Gasteiger partial charge >= 0.3 is 5.97 Å². The predicted octanol–water partition coefficient (Wildman–Crippen LogP) is 4.47. The number of ether oxygens (including phenoxy) is 2. The third kappa shape index (κ3) is 6.19. The molecule has 0 aliphatic rings. The van der Waals surface area contributed by atoms with Crippen molar-refractivity contribution < 1.29 is 23.9 Å². The third-order valence-electron chi connectivity index (χ3n) is 3.95. The van der Waals surface area contributed by atoms with Crippen molar-refractivity contribution >= 4 is 40.6 Å². The molecule has 0 aliphatic heterocycles. The van der Waals surface area contributed by atoms with Gasteiger partial charge in [0.05, 0.1) is 13.7 Å². The van der Waals surface area contributed by atoms with Crippen molar-refractivity contribution in [3.63, 3.8) is 0 Å². The van der Waals surface area contributed by atoms with Crippen LogP contribution in [0.2, 0.25) is 10.0 Å². The van der Waals surface area contributed by atoms with E-state index in [1.54, 1.807) is 24.3 Å². The summed E-state index contributed by atoms with van der Waals surface area (Å²) in [6.07, 6.45) is 0. The number of oxime groups is 2. The van der Waals surface area contributed by atoms with Gasteiger partial charge in [-0.25, -0.2) is 4.79 Å². The quantitative estimate of drug-likeness (QED) is 0.301. The number of nitrogens with zero attached hydrogens (tertiary/aromatic N) is 2. The minimum absolute atomic E-state index is 0.0329. The lowest BCUT2D eigenvalue weighted by atomic mass is 10.0. The van der Waals surface area contributed by atoms with Crippen molar-refractivity contribution in [2.75, 3.05) is 27.4 Å². The Hall–Kier alpha value is -2.61. The van der Waals surface area contributed by atoms with Crippen molar-refractivity contribution in [1.82, 2.24) is 0 Å². The summed E-state index contributed by atoms with van der Waals surface area (Å²) in [7, 11) is 2.58. The largest absolute Gasteiger partial charge is 0.464 e. The monoisotopic (exact) mass is 452 g/mol. The highest BCUT2D eigenvalue weighted by atomic mass is 35.5. The topological polar surface area (TPSA) is 78.7 Å². The Morgan fingerprint density at radius 2 is 1.67 bits per heavy atom. The summed E-state index contributed by atoms with van der Waals surface area (Å²) in [5, 5.41) is 8.87. The maximum absolute atomic E-state index is 12.1. The molecule has 9 heteroatoms. The molecule has 0 amide bonds. The van der Waals surface area contributed by atoms with Gasteiger partial charge in [-0.1, -0.05) is 63.8 Å². The number of carbonyl (C=O) groups excluding carboxylic acids is 1. The Labute approximate surface area is 185 Å². The van der Waals surface area contributed by atoms with Gasteiger partial charge < -0.3 is 19.1 Å². The van der Waals surface area contributed by atoms with Gasteiger partial charge in [-0.05, 0) is 19.1 Å². The minimum atomic E-state index is -0.669. The van der Waals surface area contributed by atoms with E-state index in [-0.39, 0.29) is 18.9 Å². The average Bonchev–Trinajstić information content (AvgIpc) is 2.75. The molecule has 2 aromatic rings. The van der Waals surface area contributed by atoms with Crippen LogP contribution in [0.25, 0.3) is 0 Å². The Morgan fingerprint density at radius 1 is 0.967 bits per heavy atom. The zero-order chi connectivity index (χ0) is 21.9. The van der Waals surface area contributed by atoms with Gasteiger partial charge in [-0.15, -0.1) is 0 Å². The molecule has 0 fully saturated rings. The summed E-state index contributed by atoms with van der Waals surface area (Å²) in [6.45, 7) is 2.57. The SMILES string of the molecule is CCOC/C(=N\OCc1c(Cl)cccc1/C(=N\OC)C(=O)OC)c1ccccc1Cl. The van der Waals surface area contributed by atoms with E-state index in [9.17, 15) is 4.79 Å². The van der Waals surface area contributed by atoms with E-state index in [2.05, 4.69) is 10.3 Å². The zero-order valence-electron chi connectivity index (χ0n) is 16.9. The zero-order valence-corrected chi connectivity index (χ0v) is 18.4. The maximum atomic E-state index is 12.1. The maximum Gasteiger partial charge on any atom is 0.360 e. The molecule has 0 aliphatic carbocycles. The van der Waals surface area contributed by atoms with Gasteiger partial charge in [0.15, 0.2) is 5.71 Å². The molecule has 0 saturated carbocycles. The summed E-state index contributed by atoms with van der Waals surface area (Å²) >= 11 is 12.6. The number of carbonyl (C=O) groups is 1. The van der Waals surface area contributed by atoms with E-state index in [1.807, 2.05) is 25.1 Å². The highest BCUT2D eigenvalue weighted by molar-refractivity contribution is 6.44. The molecule has 0 spiro atoms. The standard InChI is InChI=1S/C21H22Cl2N2O5/c1-4-29-13-19(15-8-5-6-10-17(15)22)24-30-12-16-14(9-7-11-18(16)23)20(25-28-3)21(26)27-2/h5-11H,4,12-13H2,1-3H3/b24-19+,25-20+. The van der Waals surface area contributed by atoms with Gasteiger partial charge in [0, 0.05) is 33.3 Å². The Balaban J connectivity index is 2.34. The molecule has 0 unspecified atom stereocenters. The molecule has 30 heavy (non-hydrogen) atoms. The number of benzene rings is 2. The fourth-order valence-electron chi connectivity index (χ4n) is 2.53. The molecular formula is C21H22Cl2N2O5. The highest BCUT2D eigenvalue weighted by Gasteiger charge is 2.21. The first-order valence-corrected chi connectivity index (χ1v) is 9.77. The summed E-state index contributed by atoms with van der Waals surface area (Å²) in [6, 6.07) is 12.3. The van der Waals surface area contributed by atoms with Crippen LogP contribution in [0.4, 0.5) is 0 Å². The normalized spacial score (nSPS) is 11.9. The van der Waals surface area contributed by atoms with E-state index >= 15 is 0 Å². The van der Waals surface area contributed by atoms with Crippen LogP contribution in [-0.4, -0.2) is 44.8 Å². The number of hydrogen-bond acceptors (Lipinski definition) is 7. The van der Waals surface area contributed by atoms with Crippen LogP contribution in [0.15, 0.2) is 52.8 Å². The molecule has 0 saturated heterocycles. The lowest BCUT2D eigenvalue weighted by Crippen LogP contribution is -2.20. The summed E-state index contributed by atoms with van der Waals surface area (Å²) in [5.41, 5.74) is 2.10. The predicted molar refractivity (Wildman–Crippen MR) is 116 cm³/mol. The molecule has 160 valence electrons. The Kier molecular flexibility index (Phi) is 9.60. The molecule has 7 nitrogen and oxygen atoms in total. The van der Waals surface area contributed by atoms with Crippen molar-refractivity contribution in [2.24, 2.45) is 10.3 Å². The second kappa shape index (κ2) is 12.2. The lowest BCUT2D eigenvalue weighted by Gasteiger charge is -2.12. The summed E-state index contributed by atoms with van der Waals surface area (Å²) < 4.78 is 10.3. The second-order valence-electron chi connectivity index (χ2n) is 5.81. The molecule has 0 atom stereocenters. The fourth-order valence-corrected chi connectivity index (χ4v) is 3.01. The Bertz CT molecular complexity index is 931. The minimum Gasteiger partial charge on any atom is -0.464 e. The molecule has 0 radical (unpaired) electrons. The number of rotatable bonds is 10. The first kappa shape index (κ1) is 23.7. The molecule has 0 heterocycles. The van der Waals surface area contributed by atoms with E-state index in [0.717, 1.165) is 0 Å². The number of esters is 1. The van der Waals surface area contributed by atoms with Crippen LogP contribution in [-0.2, 0) is 30.6 Å². The van der Waals surface area contributed by atoms with Gasteiger partial charge in [-0.3, -0.25) is 0 Å². The van der Waals surface area contributed by atoms with Crippen molar-refractivity contribution in [1.29, 1.82) is 0 Å². The number of halogens is 2. The van der Waals surface area contributed by atoms with Gasteiger partial charge in [0.25, 0.3) is 0 Å². The van der Waals surface area contributed by atoms with E-state index in [0.29, 0.717) is 39.1 Å². The van der Waals surface area contributed by atoms with Gasteiger partial charge in [-0.2, -0.15) is 0 Å². The van der Waals surface area contributed by atoms with Crippen molar-refractivity contribution in [2.45, 2.75) is 13.5 Å². The molecule has 0 bridgehead atoms. The summed E-state index contributed by atoms with van der Waals surface area (Å²) in [4.78, 5) is 22.5. The smallest absolute Gasteiger partial charge is 0.360 e. The van der Waals surface area contributed by atoms with E-state index in [4.69, 9.17) is 42.4 Å². The third-order valence-corrected chi connectivity index (χ3v) is 4.63. The Morgan fingerprint density at radius 3 is 2.33 bits per heavy atom. The van der Waals surface area contributed by atoms with Crippen LogP contribution < -0.4 is 0 Å². The van der Waals surface area contributed by atoms with Crippen molar-refractivity contribution in [3.8, 4) is 0 Å². The lowest BCUT2D eigenvalue weighted by molar-refractivity contribution is -0.132. The first-order valence-electron chi connectivity index (χ1n) is 9.02. The second-order valence-corrected chi connectivity index (χ2v) is 6.62.